The van der Waals surface area contributed by atoms with Crippen molar-refractivity contribution in [2.75, 3.05) is 38.7 Å². The molecule has 1 unspecified atom stereocenters. The molecule has 1 heterocycles. The van der Waals surface area contributed by atoms with Gasteiger partial charge in [-0.2, -0.15) is 0 Å². The Labute approximate surface area is 190 Å². The summed E-state index contributed by atoms with van der Waals surface area (Å²) in [6, 6.07) is 20.2. The Bertz CT molecular complexity index is 784. The number of hydrogen-bond acceptors (Lipinski definition) is 2. The summed E-state index contributed by atoms with van der Waals surface area (Å²) in [4.78, 5) is 3.87. The molecule has 0 bridgehead atoms. The molecule has 0 aromatic heterocycles. The molecule has 0 amide bonds. The molecule has 0 spiro atoms. The number of anilines is 1. The summed E-state index contributed by atoms with van der Waals surface area (Å²) >= 11 is 0. The Hall–Kier alpha value is -1.84. The van der Waals surface area contributed by atoms with Crippen LogP contribution in [0, 0.1) is 5.41 Å². The van der Waals surface area contributed by atoms with Crippen molar-refractivity contribution in [1.82, 2.24) is 0 Å². The number of hydrogen-bond donors (Lipinski definition) is 1. The van der Waals surface area contributed by atoms with Crippen LogP contribution in [0.3, 0.4) is 0 Å². The number of nitrogens with one attached hydrogen (secondary N) is 1. The van der Waals surface area contributed by atoms with Crippen LogP contribution < -0.4 is 9.80 Å². The van der Waals surface area contributed by atoms with Crippen LogP contribution in [-0.2, 0) is 17.7 Å². The van der Waals surface area contributed by atoms with Gasteiger partial charge in [0.25, 0.3) is 0 Å². The van der Waals surface area contributed by atoms with Gasteiger partial charge in [0.05, 0.1) is 18.7 Å². The van der Waals surface area contributed by atoms with Gasteiger partial charge in [-0.05, 0) is 62.6 Å². The van der Waals surface area contributed by atoms with Gasteiger partial charge >= 0.3 is 0 Å². The van der Waals surface area contributed by atoms with E-state index >= 15 is 0 Å². The summed E-state index contributed by atoms with van der Waals surface area (Å²) in [6.45, 7) is 11.3. The highest BCUT2D eigenvalue weighted by Gasteiger charge is 2.41. The third-order valence-corrected chi connectivity index (χ3v) is 6.87. The highest BCUT2D eigenvalue weighted by molar-refractivity contribution is 5.45. The van der Waals surface area contributed by atoms with Crippen LogP contribution in [0.4, 0.5) is 5.69 Å². The van der Waals surface area contributed by atoms with E-state index in [1.807, 2.05) is 0 Å². The maximum Gasteiger partial charge on any atom is 0.103 e. The number of rotatable bonds is 10. The third kappa shape index (κ3) is 7.08. The monoisotopic (exact) mass is 423 g/mol. The lowest BCUT2D eigenvalue weighted by molar-refractivity contribution is -0.915. The Morgan fingerprint density at radius 3 is 2.26 bits per heavy atom. The predicted octanol–water partition coefficient (Wildman–Crippen LogP) is 4.76. The average Bonchev–Trinajstić information content (AvgIpc) is 2.73. The molecule has 31 heavy (non-hydrogen) atoms. The second-order valence-electron chi connectivity index (χ2n) is 10.4. The van der Waals surface area contributed by atoms with Crippen LogP contribution in [0.1, 0.15) is 57.6 Å². The van der Waals surface area contributed by atoms with E-state index in [4.69, 9.17) is 4.74 Å². The SMILES string of the molecule is CCC[NH+](CC[C@@]1(Cc2ccccc2)CCOC(C)(C)C1)Cc1ccc(N(C)C)cc1. The zero-order chi connectivity index (χ0) is 22.3. The zero-order valence-electron chi connectivity index (χ0n) is 20.4. The van der Waals surface area contributed by atoms with E-state index in [1.165, 1.54) is 49.2 Å². The van der Waals surface area contributed by atoms with Crippen molar-refractivity contribution in [2.24, 2.45) is 5.41 Å². The van der Waals surface area contributed by atoms with E-state index < -0.39 is 0 Å². The van der Waals surface area contributed by atoms with Crippen molar-refractivity contribution >= 4 is 5.69 Å². The molecular weight excluding hydrogens is 380 g/mol. The lowest BCUT2D eigenvalue weighted by Crippen LogP contribution is -3.10. The average molecular weight is 424 g/mol. The molecule has 2 atom stereocenters. The zero-order valence-corrected chi connectivity index (χ0v) is 20.4. The number of quaternary nitrogens is 1. The summed E-state index contributed by atoms with van der Waals surface area (Å²) in [6.07, 6.45) is 5.97. The first-order valence-corrected chi connectivity index (χ1v) is 12.1. The smallest absolute Gasteiger partial charge is 0.103 e. The van der Waals surface area contributed by atoms with Crippen LogP contribution in [0.2, 0.25) is 0 Å². The van der Waals surface area contributed by atoms with Gasteiger partial charge in [-0.15, -0.1) is 0 Å². The fraction of sp³-hybridized carbons (Fsp3) is 0.571. The van der Waals surface area contributed by atoms with Gasteiger partial charge in [0.2, 0.25) is 0 Å². The van der Waals surface area contributed by atoms with E-state index in [0.717, 1.165) is 26.0 Å². The first-order chi connectivity index (χ1) is 14.8. The van der Waals surface area contributed by atoms with Gasteiger partial charge in [-0.3, -0.25) is 0 Å². The Kier molecular flexibility index (Phi) is 8.18. The summed E-state index contributed by atoms with van der Waals surface area (Å²) in [5, 5.41) is 0. The minimum absolute atomic E-state index is 0.0278. The summed E-state index contributed by atoms with van der Waals surface area (Å²) in [5.74, 6) is 0. The van der Waals surface area contributed by atoms with Crippen LogP contribution in [0.15, 0.2) is 54.6 Å². The number of ether oxygens (including phenoxy) is 1. The number of benzene rings is 2. The summed E-state index contributed by atoms with van der Waals surface area (Å²) < 4.78 is 6.13. The maximum absolute atomic E-state index is 6.13. The van der Waals surface area contributed by atoms with Crippen LogP contribution in [-0.4, -0.2) is 39.4 Å². The summed E-state index contributed by atoms with van der Waals surface area (Å²) in [5.41, 5.74) is 4.48. The molecular formula is C28H43N2O+. The number of nitrogens with zero attached hydrogens (tertiary/aromatic N) is 1. The maximum atomic E-state index is 6.13. The topological polar surface area (TPSA) is 16.9 Å². The molecule has 2 aromatic carbocycles. The molecule has 3 heteroatoms. The lowest BCUT2D eigenvalue weighted by atomic mass is 9.68. The fourth-order valence-corrected chi connectivity index (χ4v) is 5.37. The van der Waals surface area contributed by atoms with Crippen molar-refractivity contribution < 1.29 is 9.64 Å². The van der Waals surface area contributed by atoms with Crippen molar-refractivity contribution in [2.45, 2.75) is 65.0 Å². The van der Waals surface area contributed by atoms with E-state index in [0.29, 0.717) is 5.41 Å². The van der Waals surface area contributed by atoms with Crippen molar-refractivity contribution in [3.8, 4) is 0 Å². The Morgan fingerprint density at radius 1 is 0.935 bits per heavy atom. The first-order valence-electron chi connectivity index (χ1n) is 12.1. The molecule has 1 saturated heterocycles. The van der Waals surface area contributed by atoms with Gasteiger partial charge in [0, 0.05) is 38.4 Å². The molecule has 1 fully saturated rings. The van der Waals surface area contributed by atoms with Gasteiger partial charge < -0.3 is 14.5 Å². The summed E-state index contributed by atoms with van der Waals surface area (Å²) in [7, 11) is 4.20. The molecule has 0 radical (unpaired) electrons. The molecule has 1 N–H and O–H groups in total. The minimum atomic E-state index is -0.0278. The Morgan fingerprint density at radius 2 is 1.65 bits per heavy atom. The lowest BCUT2D eigenvalue weighted by Gasteiger charge is -2.45. The molecule has 170 valence electrons. The standard InChI is InChI=1S/C28H42N2O/c1-6-18-30(22-25-12-14-26(15-13-25)29(4)5)19-16-28(17-20-31-27(2,3)23-28)21-24-10-8-7-9-11-24/h7-15H,6,16-23H2,1-5H3/p+1/t28-/m0/s1. The van der Waals surface area contributed by atoms with Gasteiger partial charge in [-0.1, -0.05) is 49.4 Å². The first kappa shape index (κ1) is 23.8. The van der Waals surface area contributed by atoms with Crippen LogP contribution in [0.5, 0.6) is 0 Å². The molecule has 0 saturated carbocycles. The molecule has 1 aliphatic rings. The van der Waals surface area contributed by atoms with Crippen molar-refractivity contribution in [1.29, 1.82) is 0 Å². The van der Waals surface area contributed by atoms with Crippen LogP contribution >= 0.6 is 0 Å². The van der Waals surface area contributed by atoms with Crippen molar-refractivity contribution in [3.63, 3.8) is 0 Å². The molecule has 3 rings (SSSR count). The van der Waals surface area contributed by atoms with E-state index in [-0.39, 0.29) is 5.60 Å². The van der Waals surface area contributed by atoms with E-state index in [1.54, 1.807) is 4.90 Å². The predicted molar refractivity (Wildman–Crippen MR) is 132 cm³/mol. The highest BCUT2D eigenvalue weighted by Crippen LogP contribution is 2.43. The highest BCUT2D eigenvalue weighted by atomic mass is 16.5. The second kappa shape index (κ2) is 10.7. The van der Waals surface area contributed by atoms with E-state index in [2.05, 4.69) is 94.4 Å². The molecule has 0 aliphatic carbocycles. The quantitative estimate of drug-likeness (QED) is 0.594. The van der Waals surface area contributed by atoms with E-state index in [9.17, 15) is 0 Å². The largest absolute Gasteiger partial charge is 0.378 e. The van der Waals surface area contributed by atoms with Crippen molar-refractivity contribution in [3.05, 3.63) is 65.7 Å². The van der Waals surface area contributed by atoms with Gasteiger partial charge in [-0.25, -0.2) is 0 Å². The molecule has 2 aromatic rings. The molecule has 3 nitrogen and oxygen atoms in total. The van der Waals surface area contributed by atoms with Crippen LogP contribution in [0.25, 0.3) is 0 Å². The fourth-order valence-electron chi connectivity index (χ4n) is 5.37. The second-order valence-corrected chi connectivity index (χ2v) is 10.4. The minimum Gasteiger partial charge on any atom is -0.378 e. The normalized spacial score (nSPS) is 21.6. The van der Waals surface area contributed by atoms with Gasteiger partial charge in [0.15, 0.2) is 0 Å². The third-order valence-electron chi connectivity index (χ3n) is 6.87. The molecule has 1 aliphatic heterocycles. The Balaban J connectivity index is 1.71. The van der Waals surface area contributed by atoms with Gasteiger partial charge in [0.1, 0.15) is 6.54 Å².